The maximum absolute atomic E-state index is 8.59. The van der Waals surface area contributed by atoms with Crippen LogP contribution < -0.4 is 5.32 Å². The molecule has 1 aliphatic rings. The highest BCUT2D eigenvalue weighted by molar-refractivity contribution is 4.89. The van der Waals surface area contributed by atoms with Crippen LogP contribution in [-0.4, -0.2) is 37.1 Å². The maximum Gasteiger partial charge on any atom is 0.0926 e. The summed E-state index contributed by atoms with van der Waals surface area (Å²) in [4.78, 5) is 2.33. The predicted molar refractivity (Wildman–Crippen MR) is 48.7 cm³/mol. The van der Waals surface area contributed by atoms with Gasteiger partial charge in [0, 0.05) is 6.04 Å². The first-order chi connectivity index (χ1) is 5.72. The molecule has 1 aliphatic heterocycles. The standard InChI is InChI=1S/C9H17N3/c1-8(7-10)11-9-3-5-12(2)6-4-9/h8-9,11H,3-6H2,1-2H3. The summed E-state index contributed by atoms with van der Waals surface area (Å²) in [5.41, 5.74) is 0. The summed E-state index contributed by atoms with van der Waals surface area (Å²) in [5, 5.41) is 11.9. The summed E-state index contributed by atoms with van der Waals surface area (Å²) in [6.07, 6.45) is 2.34. The summed E-state index contributed by atoms with van der Waals surface area (Å²) in [5.74, 6) is 0. The van der Waals surface area contributed by atoms with Gasteiger partial charge >= 0.3 is 0 Å². The zero-order valence-corrected chi connectivity index (χ0v) is 7.88. The van der Waals surface area contributed by atoms with Crippen molar-refractivity contribution >= 4 is 0 Å². The van der Waals surface area contributed by atoms with Gasteiger partial charge in [0.1, 0.15) is 0 Å². The van der Waals surface area contributed by atoms with Crippen LogP contribution in [0.1, 0.15) is 19.8 Å². The molecular formula is C9H17N3. The number of likely N-dealkylation sites (tertiary alicyclic amines) is 1. The van der Waals surface area contributed by atoms with Crippen molar-refractivity contribution in [1.82, 2.24) is 10.2 Å². The van der Waals surface area contributed by atoms with Crippen molar-refractivity contribution in [3.63, 3.8) is 0 Å². The van der Waals surface area contributed by atoms with Gasteiger partial charge in [0.05, 0.1) is 12.1 Å². The van der Waals surface area contributed by atoms with E-state index in [1.54, 1.807) is 0 Å². The normalized spacial score (nSPS) is 23.4. The first-order valence-corrected chi connectivity index (χ1v) is 4.56. The highest BCUT2D eigenvalue weighted by atomic mass is 15.1. The quantitative estimate of drug-likeness (QED) is 0.654. The Labute approximate surface area is 74.4 Å². The van der Waals surface area contributed by atoms with Gasteiger partial charge in [-0.3, -0.25) is 5.32 Å². The molecule has 0 amide bonds. The van der Waals surface area contributed by atoms with E-state index in [0.717, 1.165) is 13.1 Å². The molecule has 0 aromatic heterocycles. The minimum atomic E-state index is -0.00148. The Bertz CT molecular complexity index is 165. The van der Waals surface area contributed by atoms with Crippen LogP contribution >= 0.6 is 0 Å². The molecule has 1 unspecified atom stereocenters. The van der Waals surface area contributed by atoms with Gasteiger partial charge < -0.3 is 4.90 Å². The molecule has 0 aromatic carbocycles. The van der Waals surface area contributed by atoms with E-state index in [9.17, 15) is 0 Å². The monoisotopic (exact) mass is 167 g/mol. The van der Waals surface area contributed by atoms with Crippen LogP contribution in [0.15, 0.2) is 0 Å². The number of nitrogens with zero attached hydrogens (tertiary/aromatic N) is 2. The van der Waals surface area contributed by atoms with Gasteiger partial charge in [-0.15, -0.1) is 0 Å². The lowest BCUT2D eigenvalue weighted by Crippen LogP contribution is -2.43. The fourth-order valence-corrected chi connectivity index (χ4v) is 1.57. The smallest absolute Gasteiger partial charge is 0.0926 e. The number of rotatable bonds is 2. The molecule has 3 heteroatoms. The van der Waals surface area contributed by atoms with Crippen LogP contribution in [-0.2, 0) is 0 Å². The van der Waals surface area contributed by atoms with Gasteiger partial charge in [0.15, 0.2) is 0 Å². The third-order valence-electron chi connectivity index (χ3n) is 2.40. The maximum atomic E-state index is 8.59. The van der Waals surface area contributed by atoms with Gasteiger partial charge in [-0.1, -0.05) is 0 Å². The lowest BCUT2D eigenvalue weighted by Gasteiger charge is -2.30. The van der Waals surface area contributed by atoms with Crippen molar-refractivity contribution in [3.8, 4) is 6.07 Å². The summed E-state index contributed by atoms with van der Waals surface area (Å²) in [6.45, 7) is 4.21. The van der Waals surface area contributed by atoms with Crippen molar-refractivity contribution in [2.45, 2.75) is 31.8 Å². The van der Waals surface area contributed by atoms with E-state index in [-0.39, 0.29) is 6.04 Å². The first kappa shape index (κ1) is 9.50. The topological polar surface area (TPSA) is 39.1 Å². The summed E-state index contributed by atoms with van der Waals surface area (Å²) in [7, 11) is 2.14. The van der Waals surface area contributed by atoms with Gasteiger partial charge in [-0.2, -0.15) is 5.26 Å². The lowest BCUT2D eigenvalue weighted by atomic mass is 10.0. The molecule has 1 atom stereocenters. The molecule has 1 rings (SSSR count). The summed E-state index contributed by atoms with van der Waals surface area (Å²) in [6, 6.07) is 2.75. The van der Waals surface area contributed by atoms with Crippen molar-refractivity contribution in [2.24, 2.45) is 0 Å². The fraction of sp³-hybridized carbons (Fsp3) is 0.889. The molecule has 12 heavy (non-hydrogen) atoms. The lowest BCUT2D eigenvalue weighted by molar-refractivity contribution is 0.232. The Hall–Kier alpha value is -0.590. The molecule has 1 fully saturated rings. The summed E-state index contributed by atoms with van der Waals surface area (Å²) >= 11 is 0. The molecule has 3 nitrogen and oxygen atoms in total. The number of hydrogen-bond acceptors (Lipinski definition) is 3. The molecule has 0 saturated carbocycles. The van der Waals surface area contributed by atoms with Crippen molar-refractivity contribution < 1.29 is 0 Å². The van der Waals surface area contributed by atoms with E-state index in [0.29, 0.717) is 6.04 Å². The third kappa shape index (κ3) is 2.80. The second-order valence-corrected chi connectivity index (χ2v) is 3.60. The van der Waals surface area contributed by atoms with E-state index in [2.05, 4.69) is 23.3 Å². The van der Waals surface area contributed by atoms with Crippen molar-refractivity contribution in [2.75, 3.05) is 20.1 Å². The van der Waals surface area contributed by atoms with Crippen molar-refractivity contribution in [1.29, 1.82) is 5.26 Å². The number of hydrogen-bond donors (Lipinski definition) is 1. The van der Waals surface area contributed by atoms with Gasteiger partial charge in [0.25, 0.3) is 0 Å². The molecule has 0 radical (unpaired) electrons. The third-order valence-corrected chi connectivity index (χ3v) is 2.40. The molecule has 0 bridgehead atoms. The van der Waals surface area contributed by atoms with Crippen LogP contribution in [0.25, 0.3) is 0 Å². The Morgan fingerprint density at radius 2 is 2.08 bits per heavy atom. The number of nitriles is 1. The zero-order chi connectivity index (χ0) is 8.97. The number of nitrogens with one attached hydrogen (secondary N) is 1. The average Bonchev–Trinajstić information content (AvgIpc) is 2.09. The Kier molecular flexibility index (Phi) is 3.51. The zero-order valence-electron chi connectivity index (χ0n) is 7.88. The van der Waals surface area contributed by atoms with Crippen LogP contribution in [0.2, 0.25) is 0 Å². The van der Waals surface area contributed by atoms with E-state index in [1.807, 2.05) is 6.92 Å². The van der Waals surface area contributed by atoms with Gasteiger partial charge in [0.2, 0.25) is 0 Å². The van der Waals surface area contributed by atoms with Crippen LogP contribution in [0, 0.1) is 11.3 Å². The fourth-order valence-electron chi connectivity index (χ4n) is 1.57. The molecule has 0 spiro atoms. The average molecular weight is 167 g/mol. The molecule has 0 aliphatic carbocycles. The van der Waals surface area contributed by atoms with E-state index in [1.165, 1.54) is 12.8 Å². The highest BCUT2D eigenvalue weighted by Gasteiger charge is 2.17. The summed E-state index contributed by atoms with van der Waals surface area (Å²) < 4.78 is 0. The highest BCUT2D eigenvalue weighted by Crippen LogP contribution is 2.08. The second-order valence-electron chi connectivity index (χ2n) is 3.60. The Morgan fingerprint density at radius 1 is 1.50 bits per heavy atom. The minimum Gasteiger partial charge on any atom is -0.306 e. The first-order valence-electron chi connectivity index (χ1n) is 4.56. The molecular weight excluding hydrogens is 150 g/mol. The van der Waals surface area contributed by atoms with E-state index < -0.39 is 0 Å². The van der Waals surface area contributed by atoms with Gasteiger partial charge in [-0.25, -0.2) is 0 Å². The minimum absolute atomic E-state index is 0.00148. The van der Waals surface area contributed by atoms with Crippen LogP contribution in [0.3, 0.4) is 0 Å². The predicted octanol–water partition coefficient (Wildman–Crippen LogP) is 0.582. The second kappa shape index (κ2) is 4.44. The molecule has 68 valence electrons. The molecule has 1 N–H and O–H groups in total. The Morgan fingerprint density at radius 3 is 2.58 bits per heavy atom. The van der Waals surface area contributed by atoms with E-state index >= 15 is 0 Å². The molecule has 1 saturated heterocycles. The Balaban J connectivity index is 2.22. The molecule has 1 heterocycles. The van der Waals surface area contributed by atoms with Crippen molar-refractivity contribution in [3.05, 3.63) is 0 Å². The SMILES string of the molecule is CC(C#N)NC1CCN(C)CC1. The van der Waals surface area contributed by atoms with E-state index in [4.69, 9.17) is 5.26 Å². The van der Waals surface area contributed by atoms with Gasteiger partial charge in [-0.05, 0) is 39.9 Å². The largest absolute Gasteiger partial charge is 0.306 e. The van der Waals surface area contributed by atoms with Crippen LogP contribution in [0.5, 0.6) is 0 Å². The van der Waals surface area contributed by atoms with Crippen LogP contribution in [0.4, 0.5) is 0 Å². The number of piperidine rings is 1. The molecule has 0 aromatic rings.